The van der Waals surface area contributed by atoms with Gasteiger partial charge >= 0.3 is 12.1 Å². The number of hydrogen-bond donors (Lipinski definition) is 0. The number of nitrogens with zero attached hydrogens (tertiary/aromatic N) is 3. The quantitative estimate of drug-likeness (QED) is 0.124. The normalized spacial score (nSPS) is 19.0. The van der Waals surface area contributed by atoms with E-state index in [0.29, 0.717) is 36.1 Å². The third-order valence-electron chi connectivity index (χ3n) is 8.30. The van der Waals surface area contributed by atoms with Crippen LogP contribution in [0, 0.1) is 0 Å². The average molecular weight is 614 g/mol. The summed E-state index contributed by atoms with van der Waals surface area (Å²) >= 11 is 1.57. The van der Waals surface area contributed by atoms with E-state index < -0.39 is 11.7 Å². The molecule has 0 N–H and O–H groups in total. The first kappa shape index (κ1) is 29.6. The van der Waals surface area contributed by atoms with Crippen LogP contribution in [0.5, 0.6) is 0 Å². The first-order valence-corrected chi connectivity index (χ1v) is 15.7. The van der Waals surface area contributed by atoms with E-state index >= 15 is 0 Å². The highest BCUT2D eigenvalue weighted by molar-refractivity contribution is 7.22. The molecule has 11 heteroatoms. The van der Waals surface area contributed by atoms with Crippen molar-refractivity contribution < 1.29 is 32.0 Å². The van der Waals surface area contributed by atoms with Crippen LogP contribution in [0.4, 0.5) is 18.3 Å². The molecular weight excluding hydrogens is 579 g/mol. The molecule has 6 rings (SSSR count). The number of carbonyl (C=O) groups is 1. The lowest BCUT2D eigenvalue weighted by Crippen LogP contribution is -2.36. The molecule has 1 aliphatic carbocycles. The lowest BCUT2D eigenvalue weighted by molar-refractivity contribution is -0.137. The molecule has 0 amide bonds. The maximum absolute atomic E-state index is 13.8. The predicted octanol–water partition coefficient (Wildman–Crippen LogP) is 8.38. The van der Waals surface area contributed by atoms with Gasteiger partial charge in [0.15, 0.2) is 5.13 Å². The summed E-state index contributed by atoms with van der Waals surface area (Å²) in [6, 6.07) is 11.5. The van der Waals surface area contributed by atoms with Gasteiger partial charge in [0, 0.05) is 35.7 Å². The molecule has 7 nitrogen and oxygen atoms in total. The number of carbonyl (C=O) groups excluding carboxylic acids is 1. The first-order chi connectivity index (χ1) is 20.8. The van der Waals surface area contributed by atoms with Crippen molar-refractivity contribution in [2.24, 2.45) is 0 Å². The first-order valence-electron chi connectivity index (χ1n) is 14.9. The molecule has 1 aliphatic heterocycles. The largest absolute Gasteiger partial charge is 0.462 e. The van der Waals surface area contributed by atoms with E-state index in [1.165, 1.54) is 12.1 Å². The van der Waals surface area contributed by atoms with E-state index in [0.717, 1.165) is 59.9 Å². The second kappa shape index (κ2) is 12.3. The van der Waals surface area contributed by atoms with Gasteiger partial charge in [0.25, 0.3) is 0 Å². The minimum Gasteiger partial charge on any atom is -0.462 e. The van der Waals surface area contributed by atoms with Gasteiger partial charge in [-0.2, -0.15) is 13.2 Å². The third-order valence-corrected chi connectivity index (χ3v) is 9.33. The van der Waals surface area contributed by atoms with Crippen LogP contribution in [-0.2, 0) is 22.3 Å². The molecule has 0 spiro atoms. The third kappa shape index (κ3) is 6.15. The van der Waals surface area contributed by atoms with E-state index in [4.69, 9.17) is 19.0 Å². The van der Waals surface area contributed by atoms with Gasteiger partial charge in [-0.1, -0.05) is 41.6 Å². The van der Waals surface area contributed by atoms with Gasteiger partial charge in [0.2, 0.25) is 0 Å². The summed E-state index contributed by atoms with van der Waals surface area (Å²) in [5, 5.41) is 5.02. The fourth-order valence-electron chi connectivity index (χ4n) is 5.99. The van der Waals surface area contributed by atoms with E-state index in [-0.39, 0.29) is 35.8 Å². The summed E-state index contributed by atoms with van der Waals surface area (Å²) in [5.74, 6) is 0.471. The molecule has 3 heterocycles. The Hall–Kier alpha value is -3.44. The zero-order valence-corrected chi connectivity index (χ0v) is 25.0. The molecule has 1 unspecified atom stereocenters. The summed E-state index contributed by atoms with van der Waals surface area (Å²) in [6.45, 7) is 4.85. The highest BCUT2D eigenvalue weighted by Crippen LogP contribution is 2.46. The lowest BCUT2D eigenvalue weighted by Gasteiger charge is -2.29. The number of hydrogen-bond acceptors (Lipinski definition) is 8. The number of thiazole rings is 1. The molecule has 1 saturated heterocycles. The predicted molar refractivity (Wildman–Crippen MR) is 158 cm³/mol. The molecule has 2 aromatic carbocycles. The van der Waals surface area contributed by atoms with Crippen molar-refractivity contribution in [3.63, 3.8) is 0 Å². The maximum atomic E-state index is 13.8. The average Bonchev–Trinajstić information content (AvgIpc) is 3.42. The zero-order valence-electron chi connectivity index (χ0n) is 24.2. The summed E-state index contributed by atoms with van der Waals surface area (Å²) in [5.41, 5.74) is 1.46. The minimum absolute atomic E-state index is 0.0129. The number of alkyl halides is 3. The van der Waals surface area contributed by atoms with Crippen molar-refractivity contribution >= 4 is 32.7 Å². The fraction of sp³-hybridized carbons (Fsp3) is 0.469. The van der Waals surface area contributed by atoms with Crippen LogP contribution in [0.15, 0.2) is 47.0 Å². The molecule has 2 fully saturated rings. The number of halogens is 3. The minimum atomic E-state index is -4.50. The molecule has 43 heavy (non-hydrogen) atoms. The van der Waals surface area contributed by atoms with Crippen molar-refractivity contribution in [2.75, 3.05) is 18.1 Å². The Labute approximate surface area is 252 Å². The smallest absolute Gasteiger partial charge is 0.417 e. The van der Waals surface area contributed by atoms with Gasteiger partial charge in [-0.3, -0.25) is 0 Å². The monoisotopic (exact) mass is 613 g/mol. The Morgan fingerprint density at radius 2 is 1.88 bits per heavy atom. The number of benzene rings is 2. The van der Waals surface area contributed by atoms with E-state index in [1.54, 1.807) is 30.4 Å². The van der Waals surface area contributed by atoms with Crippen molar-refractivity contribution in [2.45, 2.75) is 83.2 Å². The fourth-order valence-corrected chi connectivity index (χ4v) is 7.14. The highest BCUT2D eigenvalue weighted by Gasteiger charge is 2.38. The van der Waals surface area contributed by atoms with Crippen molar-refractivity contribution in [1.82, 2.24) is 10.1 Å². The molecule has 2 atom stereocenters. The van der Waals surface area contributed by atoms with Gasteiger partial charge in [-0.25, -0.2) is 9.78 Å². The van der Waals surface area contributed by atoms with Gasteiger partial charge in [0.05, 0.1) is 34.6 Å². The van der Waals surface area contributed by atoms with Crippen LogP contribution in [0.25, 0.3) is 21.5 Å². The number of ether oxygens (including phenoxy) is 2. The molecule has 2 aliphatic rings. The Balaban J connectivity index is 1.17. The van der Waals surface area contributed by atoms with Crippen LogP contribution in [0.1, 0.15) is 85.5 Å². The molecule has 0 bridgehead atoms. The lowest BCUT2D eigenvalue weighted by atomic mass is 9.99. The van der Waals surface area contributed by atoms with E-state index in [1.807, 2.05) is 12.1 Å². The molecule has 4 aromatic rings. The SMILES string of the molecule is CCOC(=O)c1ccc2nc(N3C(CC)CC[C@H]3CCOCc3c(-c4ccccc4C(F)(F)F)noc3C3CC3)sc2c1. The van der Waals surface area contributed by atoms with Crippen LogP contribution >= 0.6 is 11.3 Å². The molecular formula is C32H34F3N3O4S. The summed E-state index contributed by atoms with van der Waals surface area (Å²) in [4.78, 5) is 19.5. The summed E-state index contributed by atoms with van der Waals surface area (Å²) in [7, 11) is 0. The topological polar surface area (TPSA) is 77.7 Å². The van der Waals surface area contributed by atoms with Crippen molar-refractivity contribution in [1.29, 1.82) is 0 Å². The Morgan fingerprint density at radius 3 is 2.63 bits per heavy atom. The van der Waals surface area contributed by atoms with Gasteiger partial charge < -0.3 is 18.9 Å². The van der Waals surface area contributed by atoms with E-state index in [2.05, 4.69) is 17.0 Å². The number of esters is 1. The molecule has 0 radical (unpaired) electrons. The van der Waals surface area contributed by atoms with Crippen molar-refractivity contribution in [3.8, 4) is 11.3 Å². The Kier molecular flexibility index (Phi) is 8.46. The number of aromatic nitrogens is 2. The van der Waals surface area contributed by atoms with Crippen LogP contribution in [0.2, 0.25) is 0 Å². The standard InChI is InChI=1S/C32H34F3N3O4S/c1-3-21-12-13-22(38(21)31-36-26-14-11-20(17-27(26)43-31)30(39)41-4-2)15-16-40-18-24-28(37-42-29(24)19-9-10-19)23-7-5-6-8-25(23)32(33,34)35/h5-8,11,14,17,19,21-22H,3-4,9-10,12-13,15-16,18H2,1-2H3/t21?,22-/m0/s1. The Bertz CT molecular complexity index is 1600. The molecule has 2 aromatic heterocycles. The van der Waals surface area contributed by atoms with E-state index in [9.17, 15) is 18.0 Å². The van der Waals surface area contributed by atoms with Crippen LogP contribution in [-0.4, -0.2) is 41.4 Å². The van der Waals surface area contributed by atoms with Crippen LogP contribution in [0.3, 0.4) is 0 Å². The maximum Gasteiger partial charge on any atom is 0.417 e. The van der Waals surface area contributed by atoms with Crippen molar-refractivity contribution in [3.05, 3.63) is 64.9 Å². The number of anilines is 1. The van der Waals surface area contributed by atoms with Gasteiger partial charge in [-0.15, -0.1) is 0 Å². The summed E-state index contributed by atoms with van der Waals surface area (Å²) < 4.78 is 59.2. The number of rotatable bonds is 11. The molecule has 228 valence electrons. The highest BCUT2D eigenvalue weighted by atomic mass is 32.1. The van der Waals surface area contributed by atoms with Gasteiger partial charge in [0.1, 0.15) is 11.5 Å². The van der Waals surface area contributed by atoms with Crippen LogP contribution < -0.4 is 4.90 Å². The zero-order chi connectivity index (χ0) is 30.1. The summed E-state index contributed by atoms with van der Waals surface area (Å²) in [6.07, 6.45) is 1.13. The Morgan fingerprint density at radius 1 is 1.09 bits per heavy atom. The molecule has 1 saturated carbocycles. The van der Waals surface area contributed by atoms with Gasteiger partial charge in [-0.05, 0) is 69.7 Å². The number of fused-ring (bicyclic) bond motifs is 1. The second-order valence-electron chi connectivity index (χ2n) is 11.1. The second-order valence-corrected chi connectivity index (χ2v) is 12.1.